The molecule has 4 heteroatoms. The highest BCUT2D eigenvalue weighted by Crippen LogP contribution is 2.08. The second-order valence-electron chi connectivity index (χ2n) is 6.90. The van der Waals surface area contributed by atoms with Crippen LogP contribution in [-0.2, 0) is 13.0 Å². The Bertz CT molecular complexity index is 382. The molecule has 0 bridgehead atoms. The Morgan fingerprint density at radius 3 is 2.00 bits per heavy atom. The maximum Gasteiger partial charge on any atom is 0.169 e. The molecule has 1 heterocycles. The van der Waals surface area contributed by atoms with Gasteiger partial charge in [0.2, 0.25) is 0 Å². The van der Waals surface area contributed by atoms with E-state index in [0.29, 0.717) is 0 Å². The number of thiol groups is 1. The number of aromatic nitrogens is 1. The van der Waals surface area contributed by atoms with Crippen molar-refractivity contribution in [3.05, 3.63) is 30.1 Å². The molecular weight excluding hydrogens is 380 g/mol. The van der Waals surface area contributed by atoms with E-state index in [9.17, 15) is 0 Å². The molecule has 0 saturated heterocycles. The summed E-state index contributed by atoms with van der Waals surface area (Å²) < 4.78 is 2.34. The fraction of sp³-hybridized carbons (Fsp3) is 0.750. The van der Waals surface area contributed by atoms with Crippen LogP contribution in [0.4, 0.5) is 0 Å². The van der Waals surface area contributed by atoms with E-state index < -0.39 is 0 Å². The molecule has 1 rings (SSSR count). The van der Waals surface area contributed by atoms with Crippen molar-refractivity contribution in [2.45, 2.75) is 70.8 Å². The van der Waals surface area contributed by atoms with Gasteiger partial charge in [-0.25, -0.2) is 4.57 Å². The molecule has 0 aliphatic rings. The van der Waals surface area contributed by atoms with Crippen LogP contribution in [0, 0.1) is 0 Å². The highest BCUT2D eigenvalue weighted by molar-refractivity contribution is 7.80. The number of halogens is 1. The van der Waals surface area contributed by atoms with Crippen molar-refractivity contribution in [3.8, 4) is 0 Å². The lowest BCUT2D eigenvalue weighted by Gasteiger charge is -2.08. The monoisotopic (exact) mass is 416 g/mol. The Hall–Kier alpha value is -0.0600. The molecule has 24 heavy (non-hydrogen) atoms. The SMILES string of the molecule is CN(C)CCCCc1cc[n+](CCCCCCCCCS)cc1.[Br-]. The Balaban J connectivity index is 0.00000529. The summed E-state index contributed by atoms with van der Waals surface area (Å²) in [6.45, 7) is 2.36. The van der Waals surface area contributed by atoms with E-state index in [2.05, 4.69) is 60.7 Å². The summed E-state index contributed by atoms with van der Waals surface area (Å²) in [4.78, 5) is 2.26. The predicted octanol–water partition coefficient (Wildman–Crippen LogP) is 1.52. The number of unbranched alkanes of at least 4 members (excludes halogenated alkanes) is 7. The third-order valence-electron chi connectivity index (χ3n) is 4.36. The van der Waals surface area contributed by atoms with Gasteiger partial charge in [-0.3, -0.25) is 0 Å². The molecule has 2 nitrogen and oxygen atoms in total. The second kappa shape index (κ2) is 16.4. The number of aryl methyl sites for hydroxylation is 2. The second-order valence-corrected chi connectivity index (χ2v) is 7.35. The van der Waals surface area contributed by atoms with Crippen LogP contribution in [0.2, 0.25) is 0 Å². The first-order chi connectivity index (χ1) is 11.2. The normalized spacial score (nSPS) is 10.8. The van der Waals surface area contributed by atoms with Crippen LogP contribution in [-0.4, -0.2) is 31.3 Å². The lowest BCUT2D eigenvalue weighted by atomic mass is 10.1. The molecule has 0 N–H and O–H groups in total. The van der Waals surface area contributed by atoms with Crippen LogP contribution in [0.25, 0.3) is 0 Å². The zero-order chi connectivity index (χ0) is 16.8. The van der Waals surface area contributed by atoms with E-state index in [1.54, 1.807) is 0 Å². The molecule has 0 saturated carbocycles. The summed E-state index contributed by atoms with van der Waals surface area (Å²) >= 11 is 4.25. The van der Waals surface area contributed by atoms with Gasteiger partial charge in [-0.1, -0.05) is 25.7 Å². The number of hydrogen-bond acceptors (Lipinski definition) is 2. The van der Waals surface area contributed by atoms with E-state index in [0.717, 1.165) is 12.3 Å². The average Bonchev–Trinajstić information content (AvgIpc) is 2.55. The zero-order valence-corrected chi connectivity index (χ0v) is 18.2. The first-order valence-electron chi connectivity index (χ1n) is 9.46. The van der Waals surface area contributed by atoms with Crippen molar-refractivity contribution < 1.29 is 21.5 Å². The molecule has 0 aliphatic heterocycles. The lowest BCUT2D eigenvalue weighted by Crippen LogP contribution is -3.00. The van der Waals surface area contributed by atoms with Crippen LogP contribution >= 0.6 is 12.6 Å². The smallest absolute Gasteiger partial charge is 0.169 e. The lowest BCUT2D eigenvalue weighted by molar-refractivity contribution is -0.697. The molecular formula is C20H37BrN2S. The molecule has 0 aromatic carbocycles. The van der Waals surface area contributed by atoms with Crippen molar-refractivity contribution in [3.63, 3.8) is 0 Å². The Morgan fingerprint density at radius 1 is 0.833 bits per heavy atom. The third-order valence-corrected chi connectivity index (χ3v) is 4.67. The first-order valence-corrected chi connectivity index (χ1v) is 10.1. The van der Waals surface area contributed by atoms with Gasteiger partial charge in [0.05, 0.1) is 0 Å². The Kier molecular flexibility index (Phi) is 16.4. The first kappa shape index (κ1) is 23.9. The third kappa shape index (κ3) is 13.3. The average molecular weight is 418 g/mol. The van der Waals surface area contributed by atoms with E-state index in [1.165, 1.54) is 76.3 Å². The fourth-order valence-corrected chi connectivity index (χ4v) is 3.07. The molecule has 1 aromatic heterocycles. The van der Waals surface area contributed by atoms with Crippen LogP contribution in [0.15, 0.2) is 24.5 Å². The zero-order valence-electron chi connectivity index (χ0n) is 15.7. The van der Waals surface area contributed by atoms with Gasteiger partial charge in [-0.2, -0.15) is 12.6 Å². The summed E-state index contributed by atoms with van der Waals surface area (Å²) in [5, 5.41) is 0. The van der Waals surface area contributed by atoms with Crippen LogP contribution in [0.3, 0.4) is 0 Å². The fourth-order valence-electron chi connectivity index (χ4n) is 2.85. The summed E-state index contributed by atoms with van der Waals surface area (Å²) in [5.41, 5.74) is 1.48. The van der Waals surface area contributed by atoms with Gasteiger partial charge >= 0.3 is 0 Å². The summed E-state index contributed by atoms with van der Waals surface area (Å²) in [7, 11) is 4.29. The maximum atomic E-state index is 4.25. The molecule has 0 unspecified atom stereocenters. The van der Waals surface area contributed by atoms with Gasteiger partial charge in [0.15, 0.2) is 12.4 Å². The van der Waals surface area contributed by atoms with Crippen molar-refractivity contribution in [1.82, 2.24) is 4.90 Å². The van der Waals surface area contributed by atoms with Crippen molar-refractivity contribution in [2.75, 3.05) is 26.4 Å². The van der Waals surface area contributed by atoms with Gasteiger partial charge in [0.25, 0.3) is 0 Å². The number of nitrogens with zero attached hydrogens (tertiary/aromatic N) is 2. The van der Waals surface area contributed by atoms with Gasteiger partial charge in [-0.15, -0.1) is 0 Å². The number of pyridine rings is 1. The number of hydrogen-bond donors (Lipinski definition) is 1. The predicted molar refractivity (Wildman–Crippen MR) is 104 cm³/mol. The van der Waals surface area contributed by atoms with Crippen molar-refractivity contribution in [1.29, 1.82) is 0 Å². The minimum absolute atomic E-state index is 0. The van der Waals surface area contributed by atoms with Crippen LogP contribution in [0.1, 0.15) is 63.4 Å². The van der Waals surface area contributed by atoms with Gasteiger partial charge in [0.1, 0.15) is 6.54 Å². The minimum Gasteiger partial charge on any atom is -1.00 e. The Morgan fingerprint density at radius 2 is 1.42 bits per heavy atom. The summed E-state index contributed by atoms with van der Waals surface area (Å²) in [5.74, 6) is 1.04. The Labute approximate surface area is 166 Å². The highest BCUT2D eigenvalue weighted by atomic mass is 79.9. The molecule has 0 atom stereocenters. The molecule has 0 spiro atoms. The van der Waals surface area contributed by atoms with E-state index in [-0.39, 0.29) is 17.0 Å². The van der Waals surface area contributed by atoms with Gasteiger partial charge in [-0.05, 0) is 64.1 Å². The quantitative estimate of drug-likeness (QED) is 0.274. The molecule has 0 amide bonds. The van der Waals surface area contributed by atoms with Gasteiger partial charge < -0.3 is 21.9 Å². The van der Waals surface area contributed by atoms with Gasteiger partial charge in [0, 0.05) is 18.6 Å². The molecule has 0 radical (unpaired) electrons. The van der Waals surface area contributed by atoms with Crippen molar-refractivity contribution in [2.24, 2.45) is 0 Å². The molecule has 1 aromatic rings. The highest BCUT2D eigenvalue weighted by Gasteiger charge is 2.01. The standard InChI is InChI=1S/C20H36N2S.BrH/c1-21(2)15-10-8-12-20-13-17-22(18-14-20)16-9-6-4-3-5-7-11-19-23;/h13-14,17-18H,3-12,15-16,19H2,1-2H3;1H. The van der Waals surface area contributed by atoms with Crippen LogP contribution in [0.5, 0.6) is 0 Å². The van der Waals surface area contributed by atoms with E-state index in [1.807, 2.05) is 0 Å². The van der Waals surface area contributed by atoms with Crippen molar-refractivity contribution >= 4 is 12.6 Å². The largest absolute Gasteiger partial charge is 1.00 e. The number of rotatable bonds is 14. The van der Waals surface area contributed by atoms with Crippen LogP contribution < -0.4 is 21.5 Å². The van der Waals surface area contributed by atoms with E-state index in [4.69, 9.17) is 0 Å². The summed E-state index contributed by atoms with van der Waals surface area (Å²) in [6, 6.07) is 4.60. The van der Waals surface area contributed by atoms with E-state index >= 15 is 0 Å². The molecule has 140 valence electrons. The molecule has 0 aliphatic carbocycles. The molecule has 0 fully saturated rings. The summed E-state index contributed by atoms with van der Waals surface area (Å²) in [6.07, 6.45) is 17.8. The maximum absolute atomic E-state index is 4.25. The topological polar surface area (TPSA) is 7.12 Å². The minimum atomic E-state index is 0.